The second kappa shape index (κ2) is 7.01. The van der Waals surface area contributed by atoms with E-state index in [4.69, 9.17) is 0 Å². The Labute approximate surface area is 153 Å². The maximum absolute atomic E-state index is 12.9. The SMILES string of the molecule is Cc1ccc(-c2c(CCc3ccccc3)c(=O)[nH]c3ccccc23)cc1. The van der Waals surface area contributed by atoms with Crippen LogP contribution >= 0.6 is 0 Å². The maximum atomic E-state index is 12.9. The molecule has 0 saturated carbocycles. The van der Waals surface area contributed by atoms with Crippen molar-refractivity contribution in [3.8, 4) is 11.1 Å². The van der Waals surface area contributed by atoms with Crippen molar-refractivity contribution in [1.29, 1.82) is 0 Å². The molecule has 0 atom stereocenters. The molecule has 0 fully saturated rings. The zero-order valence-electron chi connectivity index (χ0n) is 14.8. The fraction of sp³-hybridized carbons (Fsp3) is 0.125. The highest BCUT2D eigenvalue weighted by Crippen LogP contribution is 2.30. The molecule has 0 unspecified atom stereocenters. The number of nitrogens with one attached hydrogen (secondary N) is 1. The van der Waals surface area contributed by atoms with Crippen molar-refractivity contribution in [1.82, 2.24) is 4.98 Å². The van der Waals surface area contributed by atoms with E-state index in [1.54, 1.807) is 0 Å². The van der Waals surface area contributed by atoms with Crippen LogP contribution in [0.3, 0.4) is 0 Å². The monoisotopic (exact) mass is 339 g/mol. The standard InChI is InChI=1S/C24H21NO/c1-17-11-14-19(15-12-17)23-20-9-5-6-10-22(20)25-24(26)21(23)16-13-18-7-3-2-4-8-18/h2-12,14-15H,13,16H2,1H3,(H,25,26). The number of aromatic nitrogens is 1. The largest absolute Gasteiger partial charge is 0.322 e. The molecule has 1 N–H and O–H groups in total. The van der Waals surface area contributed by atoms with Crippen molar-refractivity contribution >= 4 is 10.9 Å². The number of rotatable bonds is 4. The zero-order chi connectivity index (χ0) is 17.9. The first kappa shape index (κ1) is 16.3. The molecule has 3 aromatic carbocycles. The molecule has 4 rings (SSSR count). The van der Waals surface area contributed by atoms with E-state index in [0.717, 1.165) is 34.0 Å². The summed E-state index contributed by atoms with van der Waals surface area (Å²) in [5, 5.41) is 1.10. The Morgan fingerprint density at radius 3 is 2.23 bits per heavy atom. The lowest BCUT2D eigenvalue weighted by molar-refractivity contribution is 0.942. The summed E-state index contributed by atoms with van der Waals surface area (Å²) in [7, 11) is 0. The predicted octanol–water partition coefficient (Wildman–Crippen LogP) is 5.29. The summed E-state index contributed by atoms with van der Waals surface area (Å²) in [5.74, 6) is 0. The molecule has 0 bridgehead atoms. The van der Waals surface area contributed by atoms with Crippen LogP contribution in [0.5, 0.6) is 0 Å². The topological polar surface area (TPSA) is 32.9 Å². The van der Waals surface area contributed by atoms with Gasteiger partial charge in [0.05, 0.1) is 0 Å². The van der Waals surface area contributed by atoms with Gasteiger partial charge in [-0.25, -0.2) is 0 Å². The van der Waals surface area contributed by atoms with E-state index < -0.39 is 0 Å². The van der Waals surface area contributed by atoms with Crippen molar-refractivity contribution in [3.05, 3.63) is 106 Å². The van der Waals surface area contributed by atoms with Crippen LogP contribution in [0.2, 0.25) is 0 Å². The Bertz CT molecular complexity index is 1090. The summed E-state index contributed by atoms with van der Waals surface area (Å²) in [5.41, 5.74) is 6.37. The van der Waals surface area contributed by atoms with Crippen LogP contribution in [-0.4, -0.2) is 4.98 Å². The number of hydrogen-bond acceptors (Lipinski definition) is 1. The number of pyridine rings is 1. The summed E-state index contributed by atoms with van der Waals surface area (Å²) in [6.07, 6.45) is 1.56. The summed E-state index contributed by atoms with van der Waals surface area (Å²) in [6.45, 7) is 2.08. The number of para-hydroxylation sites is 1. The molecule has 0 aliphatic rings. The first-order valence-corrected chi connectivity index (χ1v) is 8.97. The average Bonchev–Trinajstić information content (AvgIpc) is 2.67. The van der Waals surface area contributed by atoms with Crippen molar-refractivity contribution in [2.45, 2.75) is 19.8 Å². The molecule has 0 aliphatic carbocycles. The van der Waals surface area contributed by atoms with E-state index in [2.05, 4.69) is 54.4 Å². The number of benzene rings is 3. The number of fused-ring (bicyclic) bond motifs is 1. The van der Waals surface area contributed by atoms with Gasteiger partial charge < -0.3 is 4.98 Å². The van der Waals surface area contributed by atoms with Gasteiger partial charge in [0.1, 0.15) is 0 Å². The number of aryl methyl sites for hydroxylation is 2. The molecule has 26 heavy (non-hydrogen) atoms. The van der Waals surface area contributed by atoms with Crippen LogP contribution in [0.15, 0.2) is 83.7 Å². The van der Waals surface area contributed by atoms with Crippen LogP contribution in [0, 0.1) is 6.92 Å². The molecule has 0 amide bonds. The third-order valence-electron chi connectivity index (χ3n) is 4.87. The minimum absolute atomic E-state index is 0.00945. The van der Waals surface area contributed by atoms with Gasteiger partial charge in [-0.05, 0) is 42.5 Å². The Balaban J connectivity index is 1.87. The van der Waals surface area contributed by atoms with Gasteiger partial charge in [0, 0.05) is 16.5 Å². The second-order valence-electron chi connectivity index (χ2n) is 6.70. The molecule has 4 aromatic rings. The Kier molecular flexibility index (Phi) is 4.40. The van der Waals surface area contributed by atoms with E-state index in [1.165, 1.54) is 11.1 Å². The molecule has 2 heteroatoms. The van der Waals surface area contributed by atoms with E-state index >= 15 is 0 Å². The highest BCUT2D eigenvalue weighted by molar-refractivity contribution is 5.96. The van der Waals surface area contributed by atoms with Crippen LogP contribution < -0.4 is 5.56 Å². The normalized spacial score (nSPS) is 11.0. The van der Waals surface area contributed by atoms with Crippen LogP contribution in [-0.2, 0) is 12.8 Å². The second-order valence-corrected chi connectivity index (χ2v) is 6.70. The van der Waals surface area contributed by atoms with E-state index in [9.17, 15) is 4.79 Å². The average molecular weight is 339 g/mol. The summed E-state index contributed by atoms with van der Waals surface area (Å²) < 4.78 is 0. The van der Waals surface area contributed by atoms with Gasteiger partial charge in [-0.2, -0.15) is 0 Å². The third-order valence-corrected chi connectivity index (χ3v) is 4.87. The quantitative estimate of drug-likeness (QED) is 0.538. The molecule has 2 nitrogen and oxygen atoms in total. The lowest BCUT2D eigenvalue weighted by atomic mass is 9.92. The van der Waals surface area contributed by atoms with Gasteiger partial charge in [-0.1, -0.05) is 78.4 Å². The predicted molar refractivity (Wildman–Crippen MR) is 109 cm³/mol. The van der Waals surface area contributed by atoms with Gasteiger partial charge in [0.2, 0.25) is 0 Å². The maximum Gasteiger partial charge on any atom is 0.252 e. The van der Waals surface area contributed by atoms with Crippen molar-refractivity contribution in [2.24, 2.45) is 0 Å². The van der Waals surface area contributed by atoms with Gasteiger partial charge in [-0.3, -0.25) is 4.79 Å². The summed E-state index contributed by atoms with van der Waals surface area (Å²) in [4.78, 5) is 15.9. The highest BCUT2D eigenvalue weighted by Gasteiger charge is 2.14. The molecule has 1 heterocycles. The van der Waals surface area contributed by atoms with Crippen molar-refractivity contribution < 1.29 is 0 Å². The highest BCUT2D eigenvalue weighted by atomic mass is 16.1. The Morgan fingerprint density at radius 2 is 1.46 bits per heavy atom. The number of H-pyrrole nitrogens is 1. The van der Waals surface area contributed by atoms with Gasteiger partial charge >= 0.3 is 0 Å². The zero-order valence-corrected chi connectivity index (χ0v) is 14.8. The Morgan fingerprint density at radius 1 is 0.769 bits per heavy atom. The fourth-order valence-electron chi connectivity index (χ4n) is 3.49. The van der Waals surface area contributed by atoms with Crippen LogP contribution in [0.1, 0.15) is 16.7 Å². The minimum Gasteiger partial charge on any atom is -0.322 e. The van der Waals surface area contributed by atoms with Gasteiger partial charge in [-0.15, -0.1) is 0 Å². The molecule has 1 aromatic heterocycles. The van der Waals surface area contributed by atoms with Crippen LogP contribution in [0.4, 0.5) is 0 Å². The van der Waals surface area contributed by atoms with Crippen molar-refractivity contribution in [3.63, 3.8) is 0 Å². The molecule has 0 saturated heterocycles. The fourth-order valence-corrected chi connectivity index (χ4v) is 3.49. The molecule has 128 valence electrons. The van der Waals surface area contributed by atoms with E-state index in [1.807, 2.05) is 36.4 Å². The Hall–Kier alpha value is -3.13. The van der Waals surface area contributed by atoms with Crippen molar-refractivity contribution in [2.75, 3.05) is 0 Å². The van der Waals surface area contributed by atoms with Gasteiger partial charge in [0.15, 0.2) is 0 Å². The minimum atomic E-state index is 0.00945. The van der Waals surface area contributed by atoms with Crippen LogP contribution in [0.25, 0.3) is 22.0 Å². The lowest BCUT2D eigenvalue weighted by Crippen LogP contribution is -2.15. The van der Waals surface area contributed by atoms with E-state index in [-0.39, 0.29) is 5.56 Å². The third kappa shape index (κ3) is 3.18. The smallest absolute Gasteiger partial charge is 0.252 e. The molecule has 0 spiro atoms. The molecular weight excluding hydrogens is 318 g/mol. The first-order chi connectivity index (χ1) is 12.7. The summed E-state index contributed by atoms with van der Waals surface area (Å²) in [6, 6.07) is 26.8. The summed E-state index contributed by atoms with van der Waals surface area (Å²) >= 11 is 0. The van der Waals surface area contributed by atoms with E-state index in [0.29, 0.717) is 6.42 Å². The number of hydrogen-bond donors (Lipinski definition) is 1. The first-order valence-electron chi connectivity index (χ1n) is 8.97. The molecular formula is C24H21NO. The lowest BCUT2D eigenvalue weighted by Gasteiger charge is -2.13. The number of aromatic amines is 1. The molecule has 0 radical (unpaired) electrons. The van der Waals surface area contributed by atoms with Gasteiger partial charge in [0.25, 0.3) is 5.56 Å². The molecule has 0 aliphatic heterocycles.